The number of aromatic amines is 2. The summed E-state index contributed by atoms with van der Waals surface area (Å²) in [6.45, 7) is 2.03. The van der Waals surface area contributed by atoms with Crippen LogP contribution >= 0.6 is 0 Å². The molecule has 0 saturated heterocycles. The average Bonchev–Trinajstić information content (AvgIpc) is 2.88. The molecule has 2 heterocycles. The van der Waals surface area contributed by atoms with Gasteiger partial charge in [0.05, 0.1) is 24.8 Å². The Bertz CT molecular complexity index is 447. The minimum absolute atomic E-state index is 0.154. The fourth-order valence-corrected chi connectivity index (χ4v) is 1.15. The Hall–Kier alpha value is -2.18. The molecule has 2 N–H and O–H groups in total. The second kappa shape index (κ2) is 3.91. The van der Waals surface area contributed by atoms with Crippen LogP contribution in [0.15, 0.2) is 12.5 Å². The zero-order valence-electron chi connectivity index (χ0n) is 8.02. The third-order valence-electron chi connectivity index (χ3n) is 1.77. The molecule has 7 heteroatoms. The van der Waals surface area contributed by atoms with Crippen molar-refractivity contribution in [2.75, 3.05) is 6.61 Å². The van der Waals surface area contributed by atoms with E-state index in [4.69, 9.17) is 4.74 Å². The Balaban J connectivity index is 2.34. The average molecular weight is 207 g/mol. The first-order valence-electron chi connectivity index (χ1n) is 4.39. The van der Waals surface area contributed by atoms with Gasteiger partial charge in [-0.3, -0.25) is 0 Å². The molecule has 0 aromatic carbocycles. The number of ether oxygens (including phenoxy) is 1. The molecule has 0 fully saturated rings. The number of aromatic nitrogens is 5. The van der Waals surface area contributed by atoms with E-state index in [0.29, 0.717) is 18.0 Å². The van der Waals surface area contributed by atoms with E-state index < -0.39 is 5.97 Å². The van der Waals surface area contributed by atoms with Gasteiger partial charge in [0.2, 0.25) is 0 Å². The second-order valence-corrected chi connectivity index (χ2v) is 2.71. The number of carbonyl (C=O) groups is 1. The number of H-pyrrole nitrogens is 2. The van der Waals surface area contributed by atoms with E-state index in [2.05, 4.69) is 25.4 Å². The van der Waals surface area contributed by atoms with Crippen molar-refractivity contribution in [3.8, 4) is 11.4 Å². The van der Waals surface area contributed by atoms with Crippen molar-refractivity contribution in [2.45, 2.75) is 6.92 Å². The zero-order chi connectivity index (χ0) is 10.7. The number of hydrogen-bond acceptors (Lipinski definition) is 5. The first-order valence-corrected chi connectivity index (χ1v) is 4.39. The lowest BCUT2D eigenvalue weighted by atomic mass is 10.2. The van der Waals surface area contributed by atoms with Gasteiger partial charge in [0.25, 0.3) is 0 Å². The number of esters is 1. The van der Waals surface area contributed by atoms with Crippen molar-refractivity contribution in [1.82, 2.24) is 25.4 Å². The van der Waals surface area contributed by atoms with E-state index >= 15 is 0 Å². The second-order valence-electron chi connectivity index (χ2n) is 2.71. The summed E-state index contributed by atoms with van der Waals surface area (Å²) < 4.78 is 4.83. The number of carbonyl (C=O) groups excluding carboxylic acids is 1. The van der Waals surface area contributed by atoms with Crippen molar-refractivity contribution < 1.29 is 9.53 Å². The largest absolute Gasteiger partial charge is 0.461 e. The van der Waals surface area contributed by atoms with Crippen LogP contribution in [0.5, 0.6) is 0 Å². The van der Waals surface area contributed by atoms with Gasteiger partial charge >= 0.3 is 5.97 Å². The summed E-state index contributed by atoms with van der Waals surface area (Å²) >= 11 is 0. The van der Waals surface area contributed by atoms with Crippen LogP contribution in [-0.2, 0) is 4.74 Å². The summed E-state index contributed by atoms with van der Waals surface area (Å²) in [5, 5.41) is 9.96. The van der Waals surface area contributed by atoms with E-state index in [-0.39, 0.29) is 5.69 Å². The Morgan fingerprint density at radius 1 is 1.53 bits per heavy atom. The first kappa shape index (κ1) is 9.38. The molecule has 78 valence electrons. The predicted octanol–water partition coefficient (Wildman–Crippen LogP) is 0.372. The summed E-state index contributed by atoms with van der Waals surface area (Å²) in [5.74, 6) is -0.504. The SMILES string of the molecule is CCOC(=O)c1n[nH]nc1-c1cnc[nH]1. The molecule has 0 amide bonds. The highest BCUT2D eigenvalue weighted by atomic mass is 16.5. The summed E-state index contributed by atoms with van der Waals surface area (Å²) in [6, 6.07) is 0. The highest BCUT2D eigenvalue weighted by Gasteiger charge is 2.19. The van der Waals surface area contributed by atoms with Gasteiger partial charge in [-0.25, -0.2) is 9.78 Å². The third kappa shape index (κ3) is 1.71. The van der Waals surface area contributed by atoms with Crippen molar-refractivity contribution >= 4 is 5.97 Å². The van der Waals surface area contributed by atoms with Gasteiger partial charge in [-0.2, -0.15) is 10.3 Å². The van der Waals surface area contributed by atoms with Crippen LogP contribution in [0.25, 0.3) is 11.4 Å². The van der Waals surface area contributed by atoms with Crippen LogP contribution in [0.4, 0.5) is 0 Å². The smallest absolute Gasteiger partial charge is 0.361 e. The predicted molar refractivity (Wildman–Crippen MR) is 49.9 cm³/mol. The molecule has 2 aromatic heterocycles. The molecular weight excluding hydrogens is 198 g/mol. The molecule has 0 aliphatic carbocycles. The van der Waals surface area contributed by atoms with E-state index in [1.54, 1.807) is 13.1 Å². The highest BCUT2D eigenvalue weighted by Crippen LogP contribution is 2.16. The molecule has 7 nitrogen and oxygen atoms in total. The Labute approximate surface area is 84.9 Å². The summed E-state index contributed by atoms with van der Waals surface area (Å²) in [5.41, 5.74) is 1.18. The van der Waals surface area contributed by atoms with Crippen LogP contribution in [0.3, 0.4) is 0 Å². The Kier molecular flexibility index (Phi) is 2.44. The molecule has 0 atom stereocenters. The van der Waals surface area contributed by atoms with Gasteiger partial charge in [-0.15, -0.1) is 5.10 Å². The maximum absolute atomic E-state index is 11.4. The van der Waals surface area contributed by atoms with E-state index in [0.717, 1.165) is 0 Å². The molecule has 0 unspecified atom stereocenters. The lowest BCUT2D eigenvalue weighted by Crippen LogP contribution is -2.06. The normalized spacial score (nSPS) is 10.2. The van der Waals surface area contributed by atoms with Gasteiger partial charge in [0, 0.05) is 0 Å². The molecule has 0 bridgehead atoms. The van der Waals surface area contributed by atoms with Gasteiger partial charge in [-0.1, -0.05) is 0 Å². The van der Waals surface area contributed by atoms with E-state index in [1.807, 2.05) is 0 Å². The van der Waals surface area contributed by atoms with Gasteiger partial charge < -0.3 is 9.72 Å². The van der Waals surface area contributed by atoms with E-state index in [9.17, 15) is 4.79 Å². The van der Waals surface area contributed by atoms with Gasteiger partial charge in [0.15, 0.2) is 5.69 Å². The number of hydrogen-bond donors (Lipinski definition) is 2. The fourth-order valence-electron chi connectivity index (χ4n) is 1.15. The Morgan fingerprint density at radius 2 is 2.40 bits per heavy atom. The summed E-state index contributed by atoms with van der Waals surface area (Å²) in [7, 11) is 0. The molecule has 15 heavy (non-hydrogen) atoms. The maximum Gasteiger partial charge on any atom is 0.361 e. The fraction of sp³-hybridized carbons (Fsp3) is 0.250. The van der Waals surface area contributed by atoms with Crippen molar-refractivity contribution in [3.63, 3.8) is 0 Å². The van der Waals surface area contributed by atoms with Crippen LogP contribution in [-0.4, -0.2) is 38.0 Å². The van der Waals surface area contributed by atoms with Gasteiger partial charge in [0.1, 0.15) is 5.69 Å². The molecular formula is C8H9N5O2. The minimum Gasteiger partial charge on any atom is -0.461 e. The molecule has 0 radical (unpaired) electrons. The Morgan fingerprint density at radius 3 is 3.07 bits per heavy atom. The third-order valence-corrected chi connectivity index (χ3v) is 1.77. The number of nitrogens with zero attached hydrogens (tertiary/aromatic N) is 3. The topological polar surface area (TPSA) is 96.6 Å². The van der Waals surface area contributed by atoms with Crippen LogP contribution < -0.4 is 0 Å². The number of rotatable bonds is 3. The zero-order valence-corrected chi connectivity index (χ0v) is 8.02. The minimum atomic E-state index is -0.504. The van der Waals surface area contributed by atoms with Gasteiger partial charge in [-0.05, 0) is 6.92 Å². The van der Waals surface area contributed by atoms with E-state index in [1.165, 1.54) is 6.33 Å². The van der Waals surface area contributed by atoms with Crippen molar-refractivity contribution in [1.29, 1.82) is 0 Å². The quantitative estimate of drug-likeness (QED) is 0.709. The molecule has 2 aromatic rings. The lowest BCUT2D eigenvalue weighted by molar-refractivity contribution is 0.0520. The van der Waals surface area contributed by atoms with Crippen molar-refractivity contribution in [3.05, 3.63) is 18.2 Å². The molecule has 0 spiro atoms. The summed E-state index contributed by atoms with van der Waals surface area (Å²) in [6.07, 6.45) is 3.06. The highest BCUT2D eigenvalue weighted by molar-refractivity contribution is 5.93. The number of imidazole rings is 1. The monoisotopic (exact) mass is 207 g/mol. The number of nitrogens with one attached hydrogen (secondary N) is 2. The van der Waals surface area contributed by atoms with Crippen LogP contribution in [0.2, 0.25) is 0 Å². The lowest BCUT2D eigenvalue weighted by Gasteiger charge is -1.98. The molecule has 0 aliphatic rings. The molecule has 2 rings (SSSR count). The van der Waals surface area contributed by atoms with Crippen LogP contribution in [0, 0.1) is 0 Å². The standard InChI is InChI=1S/C8H9N5O2/c1-2-15-8(14)7-6(11-13-12-7)5-3-9-4-10-5/h3-4H,2H2,1H3,(H,9,10)(H,11,12,13). The summed E-state index contributed by atoms with van der Waals surface area (Å²) in [4.78, 5) is 18.1. The van der Waals surface area contributed by atoms with Crippen LogP contribution in [0.1, 0.15) is 17.4 Å². The molecule has 0 saturated carbocycles. The first-order chi connectivity index (χ1) is 7.33. The van der Waals surface area contributed by atoms with Crippen molar-refractivity contribution in [2.24, 2.45) is 0 Å². The molecule has 0 aliphatic heterocycles. The maximum atomic E-state index is 11.4.